The van der Waals surface area contributed by atoms with E-state index in [0.29, 0.717) is 6.54 Å². The van der Waals surface area contributed by atoms with Crippen LogP contribution in [-0.4, -0.2) is 6.54 Å². The average Bonchev–Trinajstić information content (AvgIpc) is 2.15. The van der Waals surface area contributed by atoms with E-state index < -0.39 is 0 Å². The van der Waals surface area contributed by atoms with Gasteiger partial charge in [0.2, 0.25) is 0 Å². The van der Waals surface area contributed by atoms with Crippen LogP contribution < -0.4 is 0 Å². The molecular formula is C9H15N3. The van der Waals surface area contributed by atoms with Crippen molar-refractivity contribution in [3.05, 3.63) is 21.6 Å². The second kappa shape index (κ2) is 4.83. The van der Waals surface area contributed by atoms with Crippen LogP contribution in [0, 0.1) is 0 Å². The Labute approximate surface area is 73.1 Å². The third-order valence-electron chi connectivity index (χ3n) is 2.46. The highest BCUT2D eigenvalue weighted by Crippen LogP contribution is 2.26. The zero-order valence-corrected chi connectivity index (χ0v) is 7.58. The molecule has 3 heteroatoms. The highest BCUT2D eigenvalue weighted by molar-refractivity contribution is 5.18. The molecule has 12 heavy (non-hydrogen) atoms. The topological polar surface area (TPSA) is 48.8 Å². The van der Waals surface area contributed by atoms with Crippen LogP contribution in [0.1, 0.15) is 39.0 Å². The molecule has 66 valence electrons. The van der Waals surface area contributed by atoms with Gasteiger partial charge in [-0.3, -0.25) is 0 Å². The van der Waals surface area contributed by atoms with Gasteiger partial charge in [-0.1, -0.05) is 23.2 Å². The molecule has 0 unspecified atom stereocenters. The highest BCUT2D eigenvalue weighted by Gasteiger charge is 2.09. The van der Waals surface area contributed by atoms with Crippen molar-refractivity contribution in [1.82, 2.24) is 0 Å². The van der Waals surface area contributed by atoms with Crippen LogP contribution in [-0.2, 0) is 0 Å². The maximum Gasteiger partial charge on any atom is 0.0472 e. The molecular weight excluding hydrogens is 150 g/mol. The van der Waals surface area contributed by atoms with E-state index in [1.807, 2.05) is 0 Å². The fourth-order valence-corrected chi connectivity index (χ4v) is 1.76. The van der Waals surface area contributed by atoms with Gasteiger partial charge in [0.25, 0.3) is 0 Å². The van der Waals surface area contributed by atoms with Crippen molar-refractivity contribution in [3.63, 3.8) is 0 Å². The summed E-state index contributed by atoms with van der Waals surface area (Å²) >= 11 is 0. The Morgan fingerprint density at radius 2 is 2.00 bits per heavy atom. The first-order valence-corrected chi connectivity index (χ1v) is 4.59. The average molecular weight is 165 g/mol. The molecule has 0 spiro atoms. The Bertz CT molecular complexity index is 224. The number of hydrogen-bond acceptors (Lipinski definition) is 1. The Balaban J connectivity index is 2.65. The SMILES string of the molecule is CCC1=C(CN=[N+]=[N-])CCCC1. The van der Waals surface area contributed by atoms with E-state index >= 15 is 0 Å². The smallest absolute Gasteiger partial charge is 0.0472 e. The Morgan fingerprint density at radius 1 is 1.33 bits per heavy atom. The van der Waals surface area contributed by atoms with Crippen molar-refractivity contribution in [1.29, 1.82) is 0 Å². The van der Waals surface area contributed by atoms with Gasteiger partial charge < -0.3 is 0 Å². The summed E-state index contributed by atoms with van der Waals surface area (Å²) in [4.78, 5) is 2.79. The zero-order valence-electron chi connectivity index (χ0n) is 7.58. The molecule has 0 heterocycles. The number of azide groups is 1. The summed E-state index contributed by atoms with van der Waals surface area (Å²) in [7, 11) is 0. The molecule has 0 saturated heterocycles. The zero-order chi connectivity index (χ0) is 8.81. The van der Waals surface area contributed by atoms with Crippen molar-refractivity contribution in [2.45, 2.75) is 39.0 Å². The lowest BCUT2D eigenvalue weighted by molar-refractivity contribution is 0.646. The number of rotatable bonds is 3. The monoisotopic (exact) mass is 165 g/mol. The summed E-state index contributed by atoms with van der Waals surface area (Å²) in [6, 6.07) is 0. The van der Waals surface area contributed by atoms with Crippen molar-refractivity contribution in [2.75, 3.05) is 6.54 Å². The van der Waals surface area contributed by atoms with E-state index in [-0.39, 0.29) is 0 Å². The minimum absolute atomic E-state index is 0.597. The van der Waals surface area contributed by atoms with Gasteiger partial charge in [-0.25, -0.2) is 0 Å². The summed E-state index contributed by atoms with van der Waals surface area (Å²) in [5.74, 6) is 0. The molecule has 0 atom stereocenters. The van der Waals surface area contributed by atoms with Crippen molar-refractivity contribution < 1.29 is 0 Å². The molecule has 0 N–H and O–H groups in total. The van der Waals surface area contributed by atoms with Gasteiger partial charge in [0.1, 0.15) is 0 Å². The maximum atomic E-state index is 8.19. The molecule has 0 saturated carbocycles. The van der Waals surface area contributed by atoms with Gasteiger partial charge in [0.05, 0.1) is 0 Å². The van der Waals surface area contributed by atoms with E-state index in [9.17, 15) is 0 Å². The van der Waals surface area contributed by atoms with Crippen LogP contribution in [0.15, 0.2) is 16.3 Å². The molecule has 1 aliphatic carbocycles. The number of nitrogens with zero attached hydrogens (tertiary/aromatic N) is 3. The quantitative estimate of drug-likeness (QED) is 0.265. The lowest BCUT2D eigenvalue weighted by Gasteiger charge is -2.17. The Kier molecular flexibility index (Phi) is 3.68. The molecule has 3 nitrogen and oxygen atoms in total. The van der Waals surface area contributed by atoms with E-state index in [0.717, 1.165) is 12.8 Å². The number of allylic oxidation sites excluding steroid dienone is 1. The molecule has 1 aliphatic rings. The van der Waals surface area contributed by atoms with E-state index in [1.54, 1.807) is 0 Å². The standard InChI is InChI=1S/C9H15N3/c1-2-8-5-3-4-6-9(8)7-11-12-10/h2-7H2,1H3. The fraction of sp³-hybridized carbons (Fsp3) is 0.778. The fourth-order valence-electron chi connectivity index (χ4n) is 1.76. The molecule has 0 aromatic carbocycles. The van der Waals surface area contributed by atoms with Gasteiger partial charge in [-0.2, -0.15) is 0 Å². The summed E-state index contributed by atoms with van der Waals surface area (Å²) in [5.41, 5.74) is 11.1. The predicted octanol–water partition coefficient (Wildman–Crippen LogP) is 3.58. The molecule has 1 rings (SSSR count). The Hall–Kier alpha value is -0.950. The van der Waals surface area contributed by atoms with Crippen LogP contribution in [0.3, 0.4) is 0 Å². The maximum absolute atomic E-state index is 8.19. The highest BCUT2D eigenvalue weighted by atomic mass is 15.1. The molecule has 0 aromatic rings. The normalized spacial score (nSPS) is 17.4. The first kappa shape index (κ1) is 9.14. The molecule has 0 aromatic heterocycles. The first-order valence-electron chi connectivity index (χ1n) is 4.59. The van der Waals surface area contributed by atoms with Crippen LogP contribution in [0.5, 0.6) is 0 Å². The van der Waals surface area contributed by atoms with E-state index in [1.165, 1.54) is 30.4 Å². The molecule has 0 bridgehead atoms. The molecule has 0 fully saturated rings. The Morgan fingerprint density at radius 3 is 2.58 bits per heavy atom. The summed E-state index contributed by atoms with van der Waals surface area (Å²) < 4.78 is 0. The van der Waals surface area contributed by atoms with Gasteiger partial charge >= 0.3 is 0 Å². The third kappa shape index (κ3) is 2.28. The van der Waals surface area contributed by atoms with E-state index in [2.05, 4.69) is 16.9 Å². The molecule has 0 aliphatic heterocycles. The van der Waals surface area contributed by atoms with Crippen LogP contribution in [0.2, 0.25) is 0 Å². The largest absolute Gasteiger partial charge is 0.0896 e. The minimum atomic E-state index is 0.597. The minimum Gasteiger partial charge on any atom is -0.0896 e. The lowest BCUT2D eigenvalue weighted by atomic mass is 9.90. The summed E-state index contributed by atoms with van der Waals surface area (Å²) in [6.45, 7) is 2.77. The van der Waals surface area contributed by atoms with Crippen molar-refractivity contribution >= 4 is 0 Å². The second-order valence-corrected chi connectivity index (χ2v) is 3.16. The van der Waals surface area contributed by atoms with Gasteiger partial charge in [-0.05, 0) is 37.6 Å². The molecule has 0 radical (unpaired) electrons. The van der Waals surface area contributed by atoms with Crippen LogP contribution in [0.25, 0.3) is 10.4 Å². The second-order valence-electron chi connectivity index (χ2n) is 3.16. The number of hydrogen-bond donors (Lipinski definition) is 0. The van der Waals surface area contributed by atoms with Gasteiger partial charge in [0.15, 0.2) is 0 Å². The van der Waals surface area contributed by atoms with Crippen LogP contribution >= 0.6 is 0 Å². The van der Waals surface area contributed by atoms with Gasteiger partial charge in [-0.15, -0.1) is 0 Å². The van der Waals surface area contributed by atoms with Crippen molar-refractivity contribution in [2.24, 2.45) is 5.11 Å². The summed E-state index contributed by atoms with van der Waals surface area (Å²) in [5, 5.41) is 3.62. The summed E-state index contributed by atoms with van der Waals surface area (Å²) in [6.07, 6.45) is 6.05. The first-order chi connectivity index (χ1) is 5.88. The van der Waals surface area contributed by atoms with Gasteiger partial charge in [0, 0.05) is 11.5 Å². The predicted molar refractivity (Wildman–Crippen MR) is 49.8 cm³/mol. The van der Waals surface area contributed by atoms with E-state index in [4.69, 9.17) is 5.53 Å². The van der Waals surface area contributed by atoms with Crippen LogP contribution in [0.4, 0.5) is 0 Å². The third-order valence-corrected chi connectivity index (χ3v) is 2.46. The van der Waals surface area contributed by atoms with Crippen molar-refractivity contribution in [3.8, 4) is 0 Å². The lowest BCUT2D eigenvalue weighted by Crippen LogP contribution is -2.01. The molecule has 0 amide bonds.